The molecule has 2 aromatic carbocycles. The fraction of sp³-hybridized carbons (Fsp3) is 0.333. The Balaban J connectivity index is 1.87. The van der Waals surface area contributed by atoms with Gasteiger partial charge in [-0.25, -0.2) is 9.59 Å². The van der Waals surface area contributed by atoms with Crippen LogP contribution in [-0.4, -0.2) is 57.7 Å². The summed E-state index contributed by atoms with van der Waals surface area (Å²) < 4.78 is 63.1. The molecule has 0 aliphatic carbocycles. The van der Waals surface area contributed by atoms with E-state index in [1.165, 1.54) is 41.2 Å². The molecule has 1 aliphatic rings. The van der Waals surface area contributed by atoms with E-state index in [-0.39, 0.29) is 36.8 Å². The van der Waals surface area contributed by atoms with Crippen molar-refractivity contribution < 1.29 is 36.6 Å². The second kappa shape index (κ2) is 9.39. The summed E-state index contributed by atoms with van der Waals surface area (Å²) in [5.74, 6) is -0.416. The maximum absolute atomic E-state index is 13.2. The van der Waals surface area contributed by atoms with Crippen LogP contribution in [0.4, 0.5) is 23.7 Å². The number of benzene rings is 2. The van der Waals surface area contributed by atoms with E-state index in [2.05, 4.69) is 4.74 Å². The van der Waals surface area contributed by atoms with E-state index in [0.29, 0.717) is 11.1 Å². The molecular weight excluding hydrogens is 449 g/mol. The van der Waals surface area contributed by atoms with E-state index >= 15 is 0 Å². The van der Waals surface area contributed by atoms with Crippen LogP contribution >= 0.6 is 10.6 Å². The van der Waals surface area contributed by atoms with Gasteiger partial charge in [-0.15, -0.1) is 0 Å². The Hall–Kier alpha value is -2.76. The largest absolute Gasteiger partial charge is 0.465 e. The van der Waals surface area contributed by atoms with Gasteiger partial charge in [0.05, 0.1) is 36.3 Å². The number of halogens is 3. The normalized spacial score (nSPS) is 16.9. The summed E-state index contributed by atoms with van der Waals surface area (Å²) in [7, 11) is -1.46. The van der Waals surface area contributed by atoms with Gasteiger partial charge in [0.1, 0.15) is 0 Å². The number of esters is 1. The highest BCUT2D eigenvalue weighted by atomic mass is 32.3. The number of rotatable bonds is 4. The molecule has 0 spiro atoms. The molecule has 32 heavy (non-hydrogen) atoms. The molecule has 7 nitrogen and oxygen atoms in total. The number of nitrogens with zero attached hydrogens (tertiary/aromatic N) is 2. The number of alkyl halides is 3. The SMILES string of the molecule is COC(=O)c1ccc(CN(C(=O)N2CCS(O)(O)CC2)c2ccc(C(F)(F)F)cc2)cc1. The smallest absolute Gasteiger partial charge is 0.416 e. The Kier molecular flexibility index (Phi) is 7.01. The Bertz CT molecular complexity index is 955. The molecule has 0 unspecified atom stereocenters. The van der Waals surface area contributed by atoms with Crippen LogP contribution in [0.2, 0.25) is 0 Å². The van der Waals surface area contributed by atoms with Crippen LogP contribution in [0.15, 0.2) is 48.5 Å². The average molecular weight is 472 g/mol. The molecule has 2 N–H and O–H groups in total. The van der Waals surface area contributed by atoms with E-state index < -0.39 is 34.3 Å². The number of anilines is 1. The lowest BCUT2D eigenvalue weighted by atomic mass is 10.1. The lowest BCUT2D eigenvalue weighted by Crippen LogP contribution is -2.48. The van der Waals surface area contributed by atoms with Crippen LogP contribution in [0.25, 0.3) is 0 Å². The predicted octanol–water partition coefficient (Wildman–Crippen LogP) is 4.68. The molecule has 0 aromatic heterocycles. The summed E-state index contributed by atoms with van der Waals surface area (Å²) in [6.45, 7) is 0.289. The highest BCUT2D eigenvalue weighted by Gasteiger charge is 2.32. The standard InChI is InChI=1S/C21H23F3N2O5S/c1-31-19(27)16-4-2-15(3-5-16)14-26(18-8-6-17(7-9-18)21(22,23)24)20(28)25-10-12-32(29,30)13-11-25/h2-9,29-30H,10-14H2,1H3. The van der Waals surface area contributed by atoms with E-state index in [1.807, 2.05) is 0 Å². The molecule has 2 aromatic rings. The first kappa shape index (κ1) is 23.9. The second-order valence-electron chi connectivity index (χ2n) is 7.30. The van der Waals surface area contributed by atoms with Gasteiger partial charge in [-0.2, -0.15) is 23.8 Å². The van der Waals surface area contributed by atoms with Gasteiger partial charge in [0, 0.05) is 18.8 Å². The fourth-order valence-corrected chi connectivity index (χ4v) is 4.46. The van der Waals surface area contributed by atoms with Crippen molar-refractivity contribution in [2.24, 2.45) is 0 Å². The molecule has 11 heteroatoms. The van der Waals surface area contributed by atoms with Crippen molar-refractivity contribution in [2.45, 2.75) is 12.7 Å². The van der Waals surface area contributed by atoms with Gasteiger partial charge in [0.25, 0.3) is 0 Å². The summed E-state index contributed by atoms with van der Waals surface area (Å²) in [6.07, 6.45) is -4.50. The van der Waals surface area contributed by atoms with Crippen LogP contribution < -0.4 is 4.90 Å². The molecule has 1 heterocycles. The molecular formula is C21H23F3N2O5S. The lowest BCUT2D eigenvalue weighted by Gasteiger charge is -2.42. The first-order chi connectivity index (χ1) is 15.0. The molecule has 2 amide bonds. The highest BCUT2D eigenvalue weighted by Crippen LogP contribution is 2.40. The Morgan fingerprint density at radius 3 is 2.09 bits per heavy atom. The number of carbonyl (C=O) groups is 2. The minimum atomic E-state index is -4.50. The number of ether oxygens (including phenoxy) is 1. The number of urea groups is 1. The lowest BCUT2D eigenvalue weighted by molar-refractivity contribution is -0.137. The minimum absolute atomic E-state index is 0.0401. The topological polar surface area (TPSA) is 90.3 Å². The van der Waals surface area contributed by atoms with Crippen molar-refractivity contribution in [3.8, 4) is 0 Å². The molecule has 0 bridgehead atoms. The Morgan fingerprint density at radius 1 is 1.03 bits per heavy atom. The summed E-state index contributed by atoms with van der Waals surface area (Å²) in [4.78, 5) is 27.6. The van der Waals surface area contributed by atoms with Crippen molar-refractivity contribution in [1.82, 2.24) is 4.90 Å². The average Bonchev–Trinajstić information content (AvgIpc) is 2.76. The van der Waals surface area contributed by atoms with Gasteiger partial charge in [0.2, 0.25) is 0 Å². The zero-order valence-corrected chi connectivity index (χ0v) is 18.0. The second-order valence-corrected chi connectivity index (χ2v) is 9.72. The third kappa shape index (κ3) is 5.72. The highest BCUT2D eigenvalue weighted by molar-refractivity contribution is 8.24. The van der Waals surface area contributed by atoms with Crippen molar-refractivity contribution in [3.63, 3.8) is 0 Å². The van der Waals surface area contributed by atoms with Gasteiger partial charge >= 0.3 is 18.2 Å². The maximum Gasteiger partial charge on any atom is 0.416 e. The fourth-order valence-electron chi connectivity index (χ4n) is 3.24. The number of amides is 2. The first-order valence-electron chi connectivity index (χ1n) is 9.65. The first-order valence-corrected chi connectivity index (χ1v) is 11.5. The summed E-state index contributed by atoms with van der Waals surface area (Å²) >= 11 is 0. The van der Waals surface area contributed by atoms with E-state index in [9.17, 15) is 31.9 Å². The number of methoxy groups -OCH3 is 1. The zero-order valence-electron chi connectivity index (χ0n) is 17.2. The monoisotopic (exact) mass is 472 g/mol. The van der Waals surface area contributed by atoms with Crippen molar-refractivity contribution >= 4 is 28.3 Å². The third-order valence-electron chi connectivity index (χ3n) is 5.10. The van der Waals surface area contributed by atoms with Crippen molar-refractivity contribution in [3.05, 3.63) is 65.2 Å². The predicted molar refractivity (Wildman–Crippen MR) is 115 cm³/mol. The van der Waals surface area contributed by atoms with Gasteiger partial charge < -0.3 is 9.64 Å². The van der Waals surface area contributed by atoms with Crippen molar-refractivity contribution in [1.29, 1.82) is 0 Å². The number of hydrogen-bond donors (Lipinski definition) is 2. The van der Waals surface area contributed by atoms with Crippen LogP contribution in [0, 0.1) is 0 Å². The number of hydrogen-bond acceptors (Lipinski definition) is 5. The van der Waals surface area contributed by atoms with Gasteiger partial charge in [0.15, 0.2) is 0 Å². The Labute approximate surface area is 184 Å². The Morgan fingerprint density at radius 2 is 1.59 bits per heavy atom. The van der Waals surface area contributed by atoms with Gasteiger partial charge in [-0.1, -0.05) is 12.1 Å². The van der Waals surface area contributed by atoms with E-state index in [4.69, 9.17) is 0 Å². The molecule has 1 saturated heterocycles. The zero-order chi connectivity index (χ0) is 23.5. The molecule has 0 radical (unpaired) electrons. The maximum atomic E-state index is 13.2. The van der Waals surface area contributed by atoms with Gasteiger partial charge in [-0.3, -0.25) is 14.0 Å². The molecule has 174 valence electrons. The van der Waals surface area contributed by atoms with E-state index in [1.54, 1.807) is 12.1 Å². The molecule has 1 aliphatic heterocycles. The quantitative estimate of drug-likeness (QED) is 0.631. The van der Waals surface area contributed by atoms with Gasteiger partial charge in [-0.05, 0) is 42.0 Å². The number of carbonyl (C=O) groups excluding carboxylic acids is 2. The minimum Gasteiger partial charge on any atom is -0.465 e. The summed E-state index contributed by atoms with van der Waals surface area (Å²) in [6, 6.07) is 10.1. The summed E-state index contributed by atoms with van der Waals surface area (Å²) in [5.41, 5.74) is 0.400. The van der Waals surface area contributed by atoms with Crippen LogP contribution in [-0.2, 0) is 17.5 Å². The van der Waals surface area contributed by atoms with Crippen LogP contribution in [0.5, 0.6) is 0 Å². The summed E-state index contributed by atoms with van der Waals surface area (Å²) in [5, 5.41) is 0. The van der Waals surface area contributed by atoms with E-state index in [0.717, 1.165) is 12.1 Å². The molecule has 3 rings (SSSR count). The molecule has 1 fully saturated rings. The van der Waals surface area contributed by atoms with Crippen molar-refractivity contribution in [2.75, 3.05) is 36.6 Å². The molecule has 0 saturated carbocycles. The van der Waals surface area contributed by atoms with Crippen LogP contribution in [0.1, 0.15) is 21.5 Å². The molecule has 0 atom stereocenters. The van der Waals surface area contributed by atoms with Crippen LogP contribution in [0.3, 0.4) is 0 Å². The third-order valence-corrected chi connectivity index (χ3v) is 6.77.